The van der Waals surface area contributed by atoms with Gasteiger partial charge in [0.1, 0.15) is 5.92 Å². The van der Waals surface area contributed by atoms with Crippen LogP contribution in [-0.2, 0) is 14.4 Å². The van der Waals surface area contributed by atoms with E-state index in [-0.39, 0.29) is 17.9 Å². The average molecular weight is 385 g/mol. The molecule has 2 saturated heterocycles. The van der Waals surface area contributed by atoms with Crippen molar-refractivity contribution in [2.45, 2.75) is 31.9 Å². The molecule has 0 aromatic heterocycles. The molecule has 0 spiro atoms. The van der Waals surface area contributed by atoms with Crippen molar-refractivity contribution in [1.29, 1.82) is 0 Å². The van der Waals surface area contributed by atoms with E-state index in [1.807, 2.05) is 49.4 Å². The maximum absolute atomic E-state index is 13.1. The van der Waals surface area contributed by atoms with Crippen molar-refractivity contribution in [3.63, 3.8) is 0 Å². The third kappa shape index (κ3) is 3.11. The highest BCUT2D eigenvalue weighted by molar-refractivity contribution is 6.30. The number of likely N-dealkylation sites (tertiary alicyclic amines) is 1. The van der Waals surface area contributed by atoms with Crippen LogP contribution in [0, 0.1) is 5.92 Å². The molecule has 2 aromatic rings. The van der Waals surface area contributed by atoms with Gasteiger partial charge in [-0.15, -0.1) is 0 Å². The number of amides is 2. The second kappa shape index (κ2) is 7.33. The Morgan fingerprint density at radius 3 is 2.37 bits per heavy atom. The number of imide groups is 1. The number of benzene rings is 2. The Hall–Kier alpha value is -2.37. The topological polar surface area (TPSA) is 49.9 Å². The summed E-state index contributed by atoms with van der Waals surface area (Å²) in [4.78, 5) is 33.4. The molecule has 2 aromatic carbocycles. The van der Waals surface area contributed by atoms with Gasteiger partial charge in [0.05, 0.1) is 11.7 Å². The summed E-state index contributed by atoms with van der Waals surface area (Å²) in [5.41, 5.74) is 1.71. The molecular formula is C21H21ClN2O3. The number of halogens is 1. The molecule has 2 aliphatic heterocycles. The highest BCUT2D eigenvalue weighted by Crippen LogP contribution is 2.46. The number of rotatable bonds is 5. The van der Waals surface area contributed by atoms with Crippen LogP contribution in [0.15, 0.2) is 54.6 Å². The number of nitrogens with zero attached hydrogens (tertiary/aromatic N) is 2. The molecule has 6 heteroatoms. The summed E-state index contributed by atoms with van der Waals surface area (Å²) in [7, 11) is 0. The van der Waals surface area contributed by atoms with Crippen molar-refractivity contribution in [1.82, 2.24) is 4.90 Å². The SMILES string of the molecule is CCCCN1C(=O)[C@@H]2[C@@H](c3ccccc3)N(c3ccc(Cl)cc3)O[C@H]2C1=O. The van der Waals surface area contributed by atoms with E-state index in [1.165, 1.54) is 4.90 Å². The van der Waals surface area contributed by atoms with Crippen molar-refractivity contribution in [2.24, 2.45) is 5.92 Å². The van der Waals surface area contributed by atoms with E-state index < -0.39 is 12.0 Å². The van der Waals surface area contributed by atoms with Crippen LogP contribution in [0.5, 0.6) is 0 Å². The summed E-state index contributed by atoms with van der Waals surface area (Å²) >= 11 is 6.01. The zero-order valence-corrected chi connectivity index (χ0v) is 15.8. The minimum atomic E-state index is -0.782. The maximum Gasteiger partial charge on any atom is 0.261 e. The summed E-state index contributed by atoms with van der Waals surface area (Å²) < 4.78 is 0. The van der Waals surface area contributed by atoms with Crippen molar-refractivity contribution < 1.29 is 14.4 Å². The lowest BCUT2D eigenvalue weighted by molar-refractivity contribution is -0.143. The fourth-order valence-corrected chi connectivity index (χ4v) is 3.94. The normalized spacial score (nSPS) is 24.6. The zero-order chi connectivity index (χ0) is 19.0. The zero-order valence-electron chi connectivity index (χ0n) is 15.0. The number of anilines is 1. The molecule has 5 nitrogen and oxygen atoms in total. The van der Waals surface area contributed by atoms with Gasteiger partial charge in [-0.2, -0.15) is 0 Å². The molecule has 3 atom stereocenters. The second-order valence-corrected chi connectivity index (χ2v) is 7.33. The Balaban J connectivity index is 1.73. The van der Waals surface area contributed by atoms with E-state index in [0.717, 1.165) is 24.1 Å². The van der Waals surface area contributed by atoms with Crippen LogP contribution in [0.25, 0.3) is 0 Å². The molecule has 0 unspecified atom stereocenters. The first-order valence-corrected chi connectivity index (χ1v) is 9.61. The van der Waals surface area contributed by atoms with Gasteiger partial charge in [0.15, 0.2) is 6.10 Å². The summed E-state index contributed by atoms with van der Waals surface area (Å²) in [6, 6.07) is 16.6. The van der Waals surface area contributed by atoms with Crippen LogP contribution in [0.3, 0.4) is 0 Å². The largest absolute Gasteiger partial charge is 0.280 e. The number of carbonyl (C=O) groups is 2. The molecule has 0 aliphatic carbocycles. The third-order valence-corrected chi connectivity index (χ3v) is 5.42. The Bertz CT molecular complexity index is 840. The monoisotopic (exact) mass is 384 g/mol. The lowest BCUT2D eigenvalue weighted by atomic mass is 9.90. The Morgan fingerprint density at radius 2 is 1.70 bits per heavy atom. The van der Waals surface area contributed by atoms with E-state index in [1.54, 1.807) is 17.2 Å². The first-order valence-electron chi connectivity index (χ1n) is 9.23. The second-order valence-electron chi connectivity index (χ2n) is 6.89. The molecule has 0 radical (unpaired) electrons. The molecule has 140 valence electrons. The van der Waals surface area contributed by atoms with Gasteiger partial charge in [-0.05, 0) is 36.2 Å². The number of hydrogen-bond donors (Lipinski definition) is 0. The fourth-order valence-electron chi connectivity index (χ4n) is 3.81. The van der Waals surface area contributed by atoms with Crippen LogP contribution in [0.4, 0.5) is 5.69 Å². The molecule has 2 fully saturated rings. The molecule has 4 rings (SSSR count). The number of fused-ring (bicyclic) bond motifs is 1. The molecular weight excluding hydrogens is 364 g/mol. The van der Waals surface area contributed by atoms with E-state index in [4.69, 9.17) is 16.4 Å². The first kappa shape index (κ1) is 18.0. The summed E-state index contributed by atoms with van der Waals surface area (Å²) in [6.45, 7) is 2.49. The number of unbranched alkanes of at least 4 members (excludes halogenated alkanes) is 1. The summed E-state index contributed by atoms with van der Waals surface area (Å²) in [5.74, 6) is -0.938. The minimum absolute atomic E-state index is 0.149. The van der Waals surface area contributed by atoms with E-state index in [0.29, 0.717) is 11.6 Å². The molecule has 0 N–H and O–H groups in total. The van der Waals surface area contributed by atoms with Gasteiger partial charge in [0.2, 0.25) is 5.91 Å². The van der Waals surface area contributed by atoms with Gasteiger partial charge >= 0.3 is 0 Å². The Kier molecular flexibility index (Phi) is 4.89. The van der Waals surface area contributed by atoms with E-state index >= 15 is 0 Å². The van der Waals surface area contributed by atoms with Gasteiger partial charge in [-0.25, -0.2) is 5.06 Å². The molecule has 27 heavy (non-hydrogen) atoms. The lowest BCUT2D eigenvalue weighted by Gasteiger charge is -2.28. The molecule has 2 aliphatic rings. The van der Waals surface area contributed by atoms with E-state index in [9.17, 15) is 9.59 Å². The van der Waals surface area contributed by atoms with Crippen molar-refractivity contribution in [3.05, 3.63) is 65.2 Å². The Labute approximate surface area is 163 Å². The highest BCUT2D eigenvalue weighted by Gasteiger charge is 2.59. The smallest absolute Gasteiger partial charge is 0.261 e. The van der Waals surface area contributed by atoms with Crippen LogP contribution < -0.4 is 5.06 Å². The third-order valence-electron chi connectivity index (χ3n) is 5.16. The lowest BCUT2D eigenvalue weighted by Crippen LogP contribution is -2.37. The predicted octanol–water partition coefficient (Wildman–Crippen LogP) is 3.99. The quantitative estimate of drug-likeness (QED) is 0.731. The number of carbonyl (C=O) groups excluding carboxylic acids is 2. The van der Waals surface area contributed by atoms with Crippen LogP contribution in [-0.4, -0.2) is 29.4 Å². The van der Waals surface area contributed by atoms with Crippen molar-refractivity contribution in [2.75, 3.05) is 11.6 Å². The van der Waals surface area contributed by atoms with Gasteiger partial charge < -0.3 is 0 Å². The maximum atomic E-state index is 13.1. The van der Waals surface area contributed by atoms with Crippen LogP contribution in [0.1, 0.15) is 31.4 Å². The number of hydroxylamine groups is 1. The van der Waals surface area contributed by atoms with Crippen LogP contribution in [0.2, 0.25) is 5.02 Å². The van der Waals surface area contributed by atoms with Crippen molar-refractivity contribution >= 4 is 29.1 Å². The van der Waals surface area contributed by atoms with Crippen LogP contribution >= 0.6 is 11.6 Å². The van der Waals surface area contributed by atoms with E-state index in [2.05, 4.69) is 0 Å². The van der Waals surface area contributed by atoms with Gasteiger partial charge in [-0.1, -0.05) is 55.3 Å². The highest BCUT2D eigenvalue weighted by atomic mass is 35.5. The number of hydrogen-bond acceptors (Lipinski definition) is 4. The van der Waals surface area contributed by atoms with Gasteiger partial charge in [0.25, 0.3) is 5.91 Å². The molecule has 0 bridgehead atoms. The van der Waals surface area contributed by atoms with Gasteiger partial charge in [-0.3, -0.25) is 19.3 Å². The molecule has 2 heterocycles. The standard InChI is InChI=1S/C21H21ClN2O3/c1-2-3-13-23-20(25)17-18(14-7-5-4-6-8-14)24(27-19(17)21(23)26)16-11-9-15(22)10-12-16/h4-12,17-19H,2-3,13H2,1H3/t17-,18-,19-/m1/s1. The van der Waals surface area contributed by atoms with Crippen molar-refractivity contribution in [3.8, 4) is 0 Å². The van der Waals surface area contributed by atoms with Gasteiger partial charge in [0, 0.05) is 11.6 Å². The molecule has 2 amide bonds. The first-order chi connectivity index (χ1) is 13.1. The predicted molar refractivity (Wildman–Crippen MR) is 103 cm³/mol. The summed E-state index contributed by atoms with van der Waals surface area (Å²) in [6.07, 6.45) is 0.940. The Morgan fingerprint density at radius 1 is 1.00 bits per heavy atom. The summed E-state index contributed by atoms with van der Waals surface area (Å²) in [5, 5.41) is 2.31. The molecule has 0 saturated carbocycles. The fraction of sp³-hybridized carbons (Fsp3) is 0.333. The average Bonchev–Trinajstić information content (AvgIpc) is 3.19. The minimum Gasteiger partial charge on any atom is -0.280 e.